The third-order valence-electron chi connectivity index (χ3n) is 2.43. The van der Waals surface area contributed by atoms with Gasteiger partial charge in [0.05, 0.1) is 5.56 Å². The standard InChI is InChI=1S/C13H11FO4/c1-8-3-2-4-11(12(8)14)18-7-10-5-9(6-17-10)13(15)16/h2-6H,7H2,1H3,(H,15,16). The largest absolute Gasteiger partial charge is 0.483 e. The predicted molar refractivity (Wildman–Crippen MR) is 61.1 cm³/mol. The fourth-order valence-corrected chi connectivity index (χ4v) is 1.45. The van der Waals surface area contributed by atoms with E-state index in [9.17, 15) is 9.18 Å². The number of hydrogen-bond donors (Lipinski definition) is 1. The van der Waals surface area contributed by atoms with E-state index in [1.807, 2.05) is 0 Å². The zero-order chi connectivity index (χ0) is 13.1. The van der Waals surface area contributed by atoms with E-state index in [1.165, 1.54) is 12.1 Å². The molecule has 0 bridgehead atoms. The molecule has 18 heavy (non-hydrogen) atoms. The summed E-state index contributed by atoms with van der Waals surface area (Å²) in [6.45, 7) is 1.62. The Bertz CT molecular complexity index is 574. The molecule has 1 aromatic heterocycles. The maximum Gasteiger partial charge on any atom is 0.338 e. The van der Waals surface area contributed by atoms with E-state index in [4.69, 9.17) is 14.3 Å². The Morgan fingerprint density at radius 1 is 1.50 bits per heavy atom. The summed E-state index contributed by atoms with van der Waals surface area (Å²) in [5, 5.41) is 8.70. The highest BCUT2D eigenvalue weighted by Crippen LogP contribution is 2.21. The van der Waals surface area contributed by atoms with Crippen molar-refractivity contribution in [3.05, 3.63) is 53.2 Å². The number of rotatable bonds is 4. The zero-order valence-electron chi connectivity index (χ0n) is 9.64. The van der Waals surface area contributed by atoms with Gasteiger partial charge in [0.25, 0.3) is 0 Å². The van der Waals surface area contributed by atoms with E-state index in [0.717, 1.165) is 6.26 Å². The molecule has 4 nitrogen and oxygen atoms in total. The number of carbonyl (C=O) groups is 1. The first-order valence-electron chi connectivity index (χ1n) is 5.26. The Labute approximate surface area is 103 Å². The summed E-state index contributed by atoms with van der Waals surface area (Å²) in [5.74, 6) is -1.06. The fraction of sp³-hybridized carbons (Fsp3) is 0.154. The van der Waals surface area contributed by atoms with Gasteiger partial charge in [0, 0.05) is 0 Å². The summed E-state index contributed by atoms with van der Waals surface area (Å²) in [5.41, 5.74) is 0.525. The minimum atomic E-state index is -1.08. The first-order valence-corrected chi connectivity index (χ1v) is 5.26. The molecule has 0 radical (unpaired) electrons. The average molecular weight is 250 g/mol. The molecule has 0 aliphatic rings. The highest BCUT2D eigenvalue weighted by atomic mass is 19.1. The van der Waals surface area contributed by atoms with Crippen LogP contribution in [0.15, 0.2) is 34.9 Å². The van der Waals surface area contributed by atoms with Crippen molar-refractivity contribution in [1.82, 2.24) is 0 Å². The molecule has 1 heterocycles. The maximum absolute atomic E-state index is 13.6. The van der Waals surface area contributed by atoms with Gasteiger partial charge in [-0.05, 0) is 24.6 Å². The van der Waals surface area contributed by atoms with Crippen LogP contribution < -0.4 is 4.74 Å². The normalized spacial score (nSPS) is 10.3. The van der Waals surface area contributed by atoms with Gasteiger partial charge < -0.3 is 14.3 Å². The molecular formula is C13H11FO4. The van der Waals surface area contributed by atoms with E-state index in [2.05, 4.69) is 0 Å². The maximum atomic E-state index is 13.6. The van der Waals surface area contributed by atoms with Crippen LogP contribution in [0.25, 0.3) is 0 Å². The number of benzene rings is 1. The van der Waals surface area contributed by atoms with Crippen LogP contribution in [0, 0.1) is 12.7 Å². The Morgan fingerprint density at radius 3 is 2.94 bits per heavy atom. The van der Waals surface area contributed by atoms with E-state index in [0.29, 0.717) is 11.3 Å². The van der Waals surface area contributed by atoms with Crippen molar-refractivity contribution in [3.63, 3.8) is 0 Å². The monoisotopic (exact) mass is 250 g/mol. The lowest BCUT2D eigenvalue weighted by molar-refractivity contribution is 0.0696. The van der Waals surface area contributed by atoms with Gasteiger partial charge in [-0.3, -0.25) is 0 Å². The predicted octanol–water partition coefficient (Wildman–Crippen LogP) is 3.00. The SMILES string of the molecule is Cc1cccc(OCc2cc(C(=O)O)co2)c1F. The Kier molecular flexibility index (Phi) is 3.32. The number of hydrogen-bond acceptors (Lipinski definition) is 3. The highest BCUT2D eigenvalue weighted by molar-refractivity contribution is 5.87. The van der Waals surface area contributed by atoms with Crippen LogP contribution in [0.2, 0.25) is 0 Å². The van der Waals surface area contributed by atoms with Crippen molar-refractivity contribution in [2.45, 2.75) is 13.5 Å². The summed E-state index contributed by atoms with van der Waals surface area (Å²) in [4.78, 5) is 10.6. The van der Waals surface area contributed by atoms with Gasteiger partial charge in [0.2, 0.25) is 0 Å². The topological polar surface area (TPSA) is 59.7 Å². The molecule has 94 valence electrons. The molecule has 2 aromatic rings. The van der Waals surface area contributed by atoms with Gasteiger partial charge in [0.1, 0.15) is 18.6 Å². The number of halogens is 1. The molecule has 1 aromatic carbocycles. The lowest BCUT2D eigenvalue weighted by atomic mass is 10.2. The van der Waals surface area contributed by atoms with Gasteiger partial charge in [-0.25, -0.2) is 9.18 Å². The van der Waals surface area contributed by atoms with Crippen LogP contribution in [-0.2, 0) is 6.61 Å². The smallest absolute Gasteiger partial charge is 0.338 e. The number of carboxylic acid groups (broad SMARTS) is 1. The average Bonchev–Trinajstić information content (AvgIpc) is 2.80. The molecule has 5 heteroatoms. The van der Waals surface area contributed by atoms with Gasteiger partial charge in [-0.15, -0.1) is 0 Å². The van der Waals surface area contributed by atoms with E-state index in [1.54, 1.807) is 19.1 Å². The molecule has 0 atom stereocenters. The van der Waals surface area contributed by atoms with Crippen molar-refractivity contribution in [2.24, 2.45) is 0 Å². The van der Waals surface area contributed by atoms with Crippen LogP contribution in [0.3, 0.4) is 0 Å². The molecule has 0 aliphatic heterocycles. The van der Waals surface area contributed by atoms with Crippen molar-refractivity contribution in [3.8, 4) is 5.75 Å². The highest BCUT2D eigenvalue weighted by Gasteiger charge is 2.10. The summed E-state index contributed by atoms with van der Waals surface area (Å²) in [7, 11) is 0. The first kappa shape index (κ1) is 12.2. The number of furan rings is 1. The minimum Gasteiger partial charge on any atom is -0.483 e. The van der Waals surface area contributed by atoms with Crippen molar-refractivity contribution in [2.75, 3.05) is 0 Å². The second-order valence-electron chi connectivity index (χ2n) is 3.78. The van der Waals surface area contributed by atoms with Crippen LogP contribution in [0.1, 0.15) is 21.7 Å². The number of ether oxygens (including phenoxy) is 1. The number of carboxylic acids is 1. The number of aromatic carboxylic acids is 1. The van der Waals surface area contributed by atoms with E-state index >= 15 is 0 Å². The Hall–Kier alpha value is -2.30. The van der Waals surface area contributed by atoms with Gasteiger partial charge in [-0.1, -0.05) is 12.1 Å². The fourth-order valence-electron chi connectivity index (χ4n) is 1.45. The lowest BCUT2D eigenvalue weighted by Crippen LogP contribution is -1.98. The molecule has 0 fully saturated rings. The first-order chi connectivity index (χ1) is 8.58. The van der Waals surface area contributed by atoms with Crippen molar-refractivity contribution in [1.29, 1.82) is 0 Å². The molecule has 0 unspecified atom stereocenters. The molecule has 2 rings (SSSR count). The van der Waals surface area contributed by atoms with Gasteiger partial charge >= 0.3 is 5.97 Å². The summed E-state index contributed by atoms with van der Waals surface area (Å²) in [6.07, 6.45) is 1.12. The Balaban J connectivity index is 2.07. The molecule has 0 saturated heterocycles. The molecule has 0 amide bonds. The quantitative estimate of drug-likeness (QED) is 0.906. The third kappa shape index (κ3) is 2.51. The van der Waals surface area contributed by atoms with Crippen molar-refractivity contribution >= 4 is 5.97 Å². The summed E-state index contributed by atoms with van der Waals surface area (Å²) in [6, 6.07) is 6.16. The summed E-state index contributed by atoms with van der Waals surface area (Å²) >= 11 is 0. The third-order valence-corrected chi connectivity index (χ3v) is 2.43. The van der Waals surface area contributed by atoms with Crippen LogP contribution in [-0.4, -0.2) is 11.1 Å². The van der Waals surface area contributed by atoms with E-state index in [-0.39, 0.29) is 17.9 Å². The summed E-state index contributed by atoms with van der Waals surface area (Å²) < 4.78 is 23.8. The molecular weight excluding hydrogens is 239 g/mol. The second-order valence-corrected chi connectivity index (χ2v) is 3.78. The second kappa shape index (κ2) is 4.91. The lowest BCUT2D eigenvalue weighted by Gasteiger charge is -2.06. The number of aryl methyl sites for hydroxylation is 1. The van der Waals surface area contributed by atoms with Crippen molar-refractivity contribution < 1.29 is 23.4 Å². The molecule has 0 spiro atoms. The van der Waals surface area contributed by atoms with E-state index < -0.39 is 11.8 Å². The van der Waals surface area contributed by atoms with Gasteiger partial charge in [0.15, 0.2) is 11.6 Å². The van der Waals surface area contributed by atoms with Crippen LogP contribution in [0.4, 0.5) is 4.39 Å². The van der Waals surface area contributed by atoms with Crippen LogP contribution >= 0.6 is 0 Å². The minimum absolute atomic E-state index is 0.0202. The van der Waals surface area contributed by atoms with Gasteiger partial charge in [-0.2, -0.15) is 0 Å². The molecule has 0 saturated carbocycles. The zero-order valence-corrected chi connectivity index (χ0v) is 9.64. The Morgan fingerprint density at radius 2 is 2.28 bits per heavy atom. The van der Waals surface area contributed by atoms with Crippen LogP contribution in [0.5, 0.6) is 5.75 Å². The molecule has 0 aliphatic carbocycles. The molecule has 1 N–H and O–H groups in total.